The van der Waals surface area contributed by atoms with Crippen molar-refractivity contribution < 1.29 is 4.79 Å². The fraction of sp³-hybridized carbons (Fsp3) is 0.421. The number of rotatable bonds is 4. The van der Waals surface area contributed by atoms with Crippen molar-refractivity contribution in [2.75, 3.05) is 13.1 Å². The van der Waals surface area contributed by atoms with Gasteiger partial charge in [-0.05, 0) is 44.0 Å². The van der Waals surface area contributed by atoms with Gasteiger partial charge in [-0.1, -0.05) is 0 Å². The van der Waals surface area contributed by atoms with Gasteiger partial charge in [0, 0.05) is 55.1 Å². The van der Waals surface area contributed by atoms with Gasteiger partial charge in [0.15, 0.2) is 0 Å². The van der Waals surface area contributed by atoms with E-state index in [-0.39, 0.29) is 11.9 Å². The topological polar surface area (TPSA) is 66.8 Å². The van der Waals surface area contributed by atoms with Crippen molar-refractivity contribution in [1.29, 1.82) is 0 Å². The second kappa shape index (κ2) is 6.70. The first-order valence-corrected chi connectivity index (χ1v) is 8.91. The minimum Gasteiger partial charge on any atom is -0.343 e. The molecule has 0 radical (unpaired) electrons. The molecule has 0 bridgehead atoms. The number of hydrogen-bond donors (Lipinski definition) is 1. The van der Waals surface area contributed by atoms with Crippen molar-refractivity contribution >= 4 is 16.9 Å². The van der Waals surface area contributed by atoms with Crippen molar-refractivity contribution in [2.24, 2.45) is 0 Å². The first-order valence-electron chi connectivity index (χ1n) is 8.91. The third kappa shape index (κ3) is 3.29. The quantitative estimate of drug-likeness (QED) is 0.795. The average Bonchev–Trinajstić information content (AvgIpc) is 3.31. The van der Waals surface area contributed by atoms with Gasteiger partial charge in [0.2, 0.25) is 5.91 Å². The normalized spacial score (nSPS) is 19.2. The summed E-state index contributed by atoms with van der Waals surface area (Å²) in [5.41, 5.74) is 2.11. The lowest BCUT2D eigenvalue weighted by molar-refractivity contribution is -0.133. The van der Waals surface area contributed by atoms with Gasteiger partial charge in [-0.2, -0.15) is 5.10 Å². The van der Waals surface area contributed by atoms with Crippen molar-refractivity contribution in [1.82, 2.24) is 24.6 Å². The highest BCUT2D eigenvalue weighted by Gasteiger charge is 2.27. The van der Waals surface area contributed by atoms with E-state index in [1.807, 2.05) is 34.8 Å². The largest absolute Gasteiger partial charge is 0.343 e. The molecule has 0 spiro atoms. The Balaban J connectivity index is 1.44. The number of carbonyl (C=O) groups is 1. The van der Waals surface area contributed by atoms with E-state index in [9.17, 15) is 4.79 Å². The number of H-pyrrole nitrogens is 1. The van der Waals surface area contributed by atoms with Crippen LogP contribution in [-0.4, -0.2) is 43.6 Å². The zero-order valence-electron chi connectivity index (χ0n) is 14.4. The lowest BCUT2D eigenvalue weighted by Gasteiger charge is -2.33. The van der Waals surface area contributed by atoms with E-state index >= 15 is 0 Å². The first-order chi connectivity index (χ1) is 12.2. The summed E-state index contributed by atoms with van der Waals surface area (Å²) in [6.07, 6.45) is 8.09. The van der Waals surface area contributed by atoms with Crippen LogP contribution in [0.5, 0.6) is 0 Å². The Kier molecular flexibility index (Phi) is 4.26. The van der Waals surface area contributed by atoms with Gasteiger partial charge in [-0.25, -0.2) is 4.98 Å². The number of likely N-dealkylation sites (tertiary alicyclic amines) is 1. The molecule has 1 aliphatic heterocycles. The van der Waals surface area contributed by atoms with E-state index in [2.05, 4.69) is 27.2 Å². The van der Waals surface area contributed by atoms with E-state index in [0.717, 1.165) is 37.0 Å². The van der Waals surface area contributed by atoms with E-state index < -0.39 is 0 Å². The second-order valence-electron chi connectivity index (χ2n) is 6.88. The summed E-state index contributed by atoms with van der Waals surface area (Å²) in [6, 6.07) is 8.17. The number of amides is 1. The molecule has 2 atom stereocenters. The summed E-state index contributed by atoms with van der Waals surface area (Å²) in [5, 5.41) is 5.37. The van der Waals surface area contributed by atoms with Crippen molar-refractivity contribution in [3.63, 3.8) is 0 Å². The average molecular weight is 337 g/mol. The second-order valence-corrected chi connectivity index (χ2v) is 6.88. The predicted octanol–water partition coefficient (Wildman–Crippen LogP) is 3.12. The van der Waals surface area contributed by atoms with Crippen molar-refractivity contribution in [2.45, 2.75) is 38.1 Å². The summed E-state index contributed by atoms with van der Waals surface area (Å²) in [7, 11) is 0. The Bertz CT molecular complexity index is 821. The molecule has 6 nitrogen and oxygen atoms in total. The van der Waals surface area contributed by atoms with Crippen LogP contribution in [0.15, 0.2) is 42.9 Å². The highest BCUT2D eigenvalue weighted by Crippen LogP contribution is 2.29. The van der Waals surface area contributed by atoms with Crippen LogP contribution in [0, 0.1) is 0 Å². The molecule has 1 fully saturated rings. The monoisotopic (exact) mass is 337 g/mol. The number of piperidine rings is 1. The van der Waals surface area contributed by atoms with Crippen LogP contribution >= 0.6 is 0 Å². The molecular weight excluding hydrogens is 314 g/mol. The summed E-state index contributed by atoms with van der Waals surface area (Å²) >= 11 is 0. The number of aromatic nitrogens is 4. The molecule has 130 valence electrons. The van der Waals surface area contributed by atoms with Gasteiger partial charge in [0.25, 0.3) is 0 Å². The standard InChI is InChI=1S/C19H23N5O/c1-14(24-10-4-8-21-24)11-18(25)23-9-3-6-16(13-23)17-12-15-5-2-7-20-19(15)22-17/h2,4-5,7-8,10,12,14,16H,3,6,9,11,13H2,1H3,(H,20,22)/t14-,16-/m0/s1. The molecule has 1 amide bonds. The Morgan fingerprint density at radius 2 is 2.32 bits per heavy atom. The van der Waals surface area contributed by atoms with E-state index in [4.69, 9.17) is 0 Å². The van der Waals surface area contributed by atoms with Gasteiger partial charge >= 0.3 is 0 Å². The van der Waals surface area contributed by atoms with Gasteiger partial charge in [0.05, 0.1) is 6.04 Å². The minimum absolute atomic E-state index is 0.0835. The van der Waals surface area contributed by atoms with E-state index in [1.54, 1.807) is 12.4 Å². The fourth-order valence-electron chi connectivity index (χ4n) is 3.67. The van der Waals surface area contributed by atoms with Crippen molar-refractivity contribution in [3.05, 3.63) is 48.5 Å². The van der Waals surface area contributed by atoms with E-state index in [1.165, 1.54) is 5.69 Å². The molecule has 6 heteroatoms. The molecule has 1 aliphatic rings. The van der Waals surface area contributed by atoms with E-state index in [0.29, 0.717) is 12.3 Å². The van der Waals surface area contributed by atoms with Crippen LogP contribution in [0.2, 0.25) is 0 Å². The third-order valence-electron chi connectivity index (χ3n) is 5.07. The fourth-order valence-corrected chi connectivity index (χ4v) is 3.67. The minimum atomic E-state index is 0.0835. The van der Waals surface area contributed by atoms with Crippen molar-refractivity contribution in [3.8, 4) is 0 Å². The van der Waals surface area contributed by atoms with Gasteiger partial charge < -0.3 is 9.88 Å². The molecule has 0 unspecified atom stereocenters. The zero-order valence-corrected chi connectivity index (χ0v) is 14.4. The molecule has 4 rings (SSSR count). The van der Waals surface area contributed by atoms with Gasteiger partial charge in [0.1, 0.15) is 5.65 Å². The summed E-state index contributed by atoms with van der Waals surface area (Å²) in [6.45, 7) is 3.66. The molecule has 3 aromatic heterocycles. The molecule has 0 aliphatic carbocycles. The number of hydrogen-bond acceptors (Lipinski definition) is 3. The Hall–Kier alpha value is -2.63. The predicted molar refractivity (Wildman–Crippen MR) is 96.2 cm³/mol. The van der Waals surface area contributed by atoms with Crippen LogP contribution < -0.4 is 0 Å². The maximum absolute atomic E-state index is 12.7. The first kappa shape index (κ1) is 15.9. The molecule has 25 heavy (non-hydrogen) atoms. The number of pyridine rings is 1. The smallest absolute Gasteiger partial charge is 0.224 e. The van der Waals surface area contributed by atoms with Crippen LogP contribution in [0.4, 0.5) is 0 Å². The Labute approximate surface area is 146 Å². The van der Waals surface area contributed by atoms with Gasteiger partial charge in [-0.3, -0.25) is 9.48 Å². The van der Waals surface area contributed by atoms with Crippen LogP contribution in [0.3, 0.4) is 0 Å². The molecule has 1 N–H and O–H groups in total. The van der Waals surface area contributed by atoms with Gasteiger partial charge in [-0.15, -0.1) is 0 Å². The van der Waals surface area contributed by atoms with Crippen LogP contribution in [0.1, 0.15) is 43.8 Å². The number of nitrogens with one attached hydrogen (secondary N) is 1. The summed E-state index contributed by atoms with van der Waals surface area (Å²) < 4.78 is 1.85. The molecule has 3 aromatic rings. The Morgan fingerprint density at radius 1 is 1.40 bits per heavy atom. The number of fused-ring (bicyclic) bond motifs is 1. The highest BCUT2D eigenvalue weighted by atomic mass is 16.2. The SMILES string of the molecule is C[C@@H](CC(=O)N1CCC[C@H](c2cc3cccnc3[nH]2)C1)n1cccn1. The number of nitrogens with zero attached hydrogens (tertiary/aromatic N) is 4. The number of carbonyl (C=O) groups excluding carboxylic acids is 1. The maximum atomic E-state index is 12.7. The van der Waals surface area contributed by atoms with Crippen LogP contribution in [-0.2, 0) is 4.79 Å². The summed E-state index contributed by atoms with van der Waals surface area (Å²) in [5.74, 6) is 0.564. The highest BCUT2D eigenvalue weighted by molar-refractivity contribution is 5.78. The van der Waals surface area contributed by atoms with Crippen LogP contribution in [0.25, 0.3) is 11.0 Å². The molecule has 0 aromatic carbocycles. The summed E-state index contributed by atoms with van der Waals surface area (Å²) in [4.78, 5) is 22.5. The molecular formula is C19H23N5O. The molecule has 1 saturated heterocycles. The lowest BCUT2D eigenvalue weighted by atomic mass is 9.94. The third-order valence-corrected chi connectivity index (χ3v) is 5.07. The maximum Gasteiger partial charge on any atom is 0.224 e. The number of aromatic amines is 1. The molecule has 0 saturated carbocycles. The Morgan fingerprint density at radius 3 is 3.12 bits per heavy atom. The lowest BCUT2D eigenvalue weighted by Crippen LogP contribution is -2.40. The molecule has 4 heterocycles. The zero-order chi connectivity index (χ0) is 17.2.